The van der Waals surface area contributed by atoms with Crippen molar-refractivity contribution in [2.75, 3.05) is 23.3 Å². The van der Waals surface area contributed by atoms with Crippen molar-refractivity contribution in [1.82, 2.24) is 29.7 Å². The quantitative estimate of drug-likeness (QED) is 0.517. The first-order chi connectivity index (χ1) is 15.6. The van der Waals surface area contributed by atoms with Crippen LogP contribution in [-0.2, 0) is 24.9 Å². The molecule has 4 aromatic rings. The van der Waals surface area contributed by atoms with Crippen LogP contribution in [0.3, 0.4) is 0 Å². The Morgan fingerprint density at radius 2 is 2.03 bits per heavy atom. The van der Waals surface area contributed by atoms with Crippen LogP contribution < -0.4 is 10.2 Å². The average molecular weight is 429 g/mol. The lowest BCUT2D eigenvalue weighted by atomic mass is 9.71. The molecule has 0 radical (unpaired) electrons. The predicted molar refractivity (Wildman–Crippen MR) is 125 cm³/mol. The molecule has 8 nitrogen and oxygen atoms in total. The Kier molecular flexibility index (Phi) is 4.41. The zero-order valence-electron chi connectivity index (χ0n) is 18.6. The molecule has 2 aliphatic rings. The number of H-pyrrole nitrogens is 1. The fourth-order valence-electron chi connectivity index (χ4n) is 5.23. The van der Waals surface area contributed by atoms with Crippen LogP contribution in [0.15, 0.2) is 36.5 Å². The monoisotopic (exact) mass is 428 g/mol. The SMILES string of the molecule is Cc1nc2n(n1)CCN(c1nc(NCC3(C)CCCc4ccccc43)c3[nH]ccc3n1)C2. The van der Waals surface area contributed by atoms with E-state index in [0.717, 1.165) is 54.1 Å². The molecule has 0 saturated carbocycles. The first-order valence-electron chi connectivity index (χ1n) is 11.4. The maximum Gasteiger partial charge on any atom is 0.228 e. The molecule has 6 rings (SSSR count). The molecule has 3 aromatic heterocycles. The molecule has 32 heavy (non-hydrogen) atoms. The summed E-state index contributed by atoms with van der Waals surface area (Å²) in [5.41, 5.74) is 4.90. The normalized spacial score (nSPS) is 20.2. The van der Waals surface area contributed by atoms with Crippen LogP contribution in [0, 0.1) is 6.92 Å². The van der Waals surface area contributed by atoms with E-state index in [2.05, 4.69) is 56.5 Å². The lowest BCUT2D eigenvalue weighted by molar-refractivity contribution is 0.414. The van der Waals surface area contributed by atoms with Crippen molar-refractivity contribution >= 4 is 22.8 Å². The number of nitrogens with zero attached hydrogens (tertiary/aromatic N) is 6. The molecule has 4 heterocycles. The van der Waals surface area contributed by atoms with Gasteiger partial charge in [-0.1, -0.05) is 31.2 Å². The highest BCUT2D eigenvalue weighted by atomic mass is 15.4. The number of benzene rings is 1. The molecule has 1 aliphatic carbocycles. The Hall–Kier alpha value is -3.42. The smallest absolute Gasteiger partial charge is 0.228 e. The van der Waals surface area contributed by atoms with Crippen molar-refractivity contribution in [3.63, 3.8) is 0 Å². The van der Waals surface area contributed by atoms with E-state index in [-0.39, 0.29) is 5.41 Å². The molecule has 2 N–H and O–H groups in total. The second-order valence-corrected chi connectivity index (χ2v) is 9.25. The van der Waals surface area contributed by atoms with Gasteiger partial charge < -0.3 is 15.2 Å². The number of aryl methyl sites for hydroxylation is 2. The molecular formula is C24H28N8. The molecule has 0 spiro atoms. The predicted octanol–water partition coefficient (Wildman–Crippen LogP) is 3.58. The van der Waals surface area contributed by atoms with E-state index in [0.29, 0.717) is 6.54 Å². The van der Waals surface area contributed by atoms with Crippen LogP contribution in [0.1, 0.15) is 42.5 Å². The fraction of sp³-hybridized carbons (Fsp3) is 0.417. The van der Waals surface area contributed by atoms with Crippen LogP contribution in [0.4, 0.5) is 11.8 Å². The van der Waals surface area contributed by atoms with Gasteiger partial charge in [-0.15, -0.1) is 0 Å². The number of fused-ring (bicyclic) bond motifs is 3. The van der Waals surface area contributed by atoms with Gasteiger partial charge in [0.15, 0.2) is 5.82 Å². The number of aromatic nitrogens is 6. The van der Waals surface area contributed by atoms with Crippen molar-refractivity contribution in [2.45, 2.75) is 51.6 Å². The van der Waals surface area contributed by atoms with Gasteiger partial charge in [0, 0.05) is 24.7 Å². The summed E-state index contributed by atoms with van der Waals surface area (Å²) >= 11 is 0. The molecule has 0 fully saturated rings. The number of hydrogen-bond acceptors (Lipinski definition) is 6. The third kappa shape index (κ3) is 3.21. The Balaban J connectivity index is 1.30. The van der Waals surface area contributed by atoms with Gasteiger partial charge in [0.1, 0.15) is 17.2 Å². The maximum absolute atomic E-state index is 4.96. The minimum atomic E-state index is 0.0813. The van der Waals surface area contributed by atoms with Gasteiger partial charge >= 0.3 is 0 Å². The van der Waals surface area contributed by atoms with Gasteiger partial charge in [-0.25, -0.2) is 14.6 Å². The van der Waals surface area contributed by atoms with Crippen molar-refractivity contribution in [2.24, 2.45) is 0 Å². The molecule has 0 bridgehead atoms. The summed E-state index contributed by atoms with van der Waals surface area (Å²) in [6.45, 7) is 7.41. The molecule has 0 saturated heterocycles. The Morgan fingerprint density at radius 3 is 2.97 bits per heavy atom. The first-order valence-corrected chi connectivity index (χ1v) is 11.4. The van der Waals surface area contributed by atoms with Crippen LogP contribution in [0.25, 0.3) is 11.0 Å². The minimum absolute atomic E-state index is 0.0813. The first kappa shape index (κ1) is 19.3. The van der Waals surface area contributed by atoms with Crippen LogP contribution >= 0.6 is 0 Å². The average Bonchev–Trinajstić information content (AvgIpc) is 3.42. The molecule has 164 valence electrons. The lowest BCUT2D eigenvalue weighted by Crippen LogP contribution is -2.36. The van der Waals surface area contributed by atoms with Crippen LogP contribution in [0.2, 0.25) is 0 Å². The van der Waals surface area contributed by atoms with Crippen molar-refractivity contribution in [3.05, 3.63) is 59.3 Å². The van der Waals surface area contributed by atoms with Gasteiger partial charge in [-0.3, -0.25) is 0 Å². The van der Waals surface area contributed by atoms with E-state index in [4.69, 9.17) is 9.97 Å². The van der Waals surface area contributed by atoms with Gasteiger partial charge in [0.05, 0.1) is 18.6 Å². The molecule has 1 atom stereocenters. The Morgan fingerprint density at radius 1 is 1.12 bits per heavy atom. The third-order valence-corrected chi connectivity index (χ3v) is 6.93. The highest BCUT2D eigenvalue weighted by Crippen LogP contribution is 2.37. The largest absolute Gasteiger partial charge is 0.367 e. The van der Waals surface area contributed by atoms with E-state index in [1.807, 2.05) is 23.9 Å². The molecule has 8 heteroatoms. The standard InChI is InChI=1S/C24H28N8/c1-16-27-20-14-31(12-13-32(20)30-16)23-28-19-9-11-25-21(19)22(29-23)26-15-24(2)10-5-7-17-6-3-4-8-18(17)24/h3-4,6,8-9,11,25H,5,7,10,12-15H2,1-2H3,(H,26,28,29). The maximum atomic E-state index is 4.96. The zero-order chi connectivity index (χ0) is 21.7. The molecular weight excluding hydrogens is 400 g/mol. The Bertz CT molecular complexity index is 1290. The highest BCUT2D eigenvalue weighted by Gasteiger charge is 2.32. The van der Waals surface area contributed by atoms with Crippen molar-refractivity contribution < 1.29 is 0 Å². The van der Waals surface area contributed by atoms with E-state index < -0.39 is 0 Å². The van der Waals surface area contributed by atoms with Crippen LogP contribution in [-0.4, -0.2) is 42.8 Å². The van der Waals surface area contributed by atoms with Gasteiger partial charge in [-0.2, -0.15) is 10.1 Å². The van der Waals surface area contributed by atoms with Crippen molar-refractivity contribution in [3.8, 4) is 0 Å². The third-order valence-electron chi connectivity index (χ3n) is 6.93. The molecule has 1 aromatic carbocycles. The molecule has 1 unspecified atom stereocenters. The van der Waals surface area contributed by atoms with E-state index in [9.17, 15) is 0 Å². The topological polar surface area (TPSA) is 87.5 Å². The molecule has 1 aliphatic heterocycles. The summed E-state index contributed by atoms with van der Waals surface area (Å²) < 4.78 is 1.99. The van der Waals surface area contributed by atoms with E-state index in [1.165, 1.54) is 30.4 Å². The minimum Gasteiger partial charge on any atom is -0.367 e. The molecule has 0 amide bonds. The lowest BCUT2D eigenvalue weighted by Gasteiger charge is -2.36. The second-order valence-electron chi connectivity index (χ2n) is 9.25. The summed E-state index contributed by atoms with van der Waals surface area (Å²) in [6, 6.07) is 10.9. The van der Waals surface area contributed by atoms with Crippen LogP contribution in [0.5, 0.6) is 0 Å². The van der Waals surface area contributed by atoms with Gasteiger partial charge in [-0.05, 0) is 43.4 Å². The number of anilines is 2. The van der Waals surface area contributed by atoms with E-state index >= 15 is 0 Å². The summed E-state index contributed by atoms with van der Waals surface area (Å²) in [7, 11) is 0. The summed E-state index contributed by atoms with van der Waals surface area (Å²) in [4.78, 5) is 19.9. The summed E-state index contributed by atoms with van der Waals surface area (Å²) in [5, 5.41) is 8.15. The highest BCUT2D eigenvalue weighted by molar-refractivity contribution is 5.87. The summed E-state index contributed by atoms with van der Waals surface area (Å²) in [5.74, 6) is 3.38. The van der Waals surface area contributed by atoms with E-state index in [1.54, 1.807) is 0 Å². The fourth-order valence-corrected chi connectivity index (χ4v) is 5.23. The number of nitrogens with one attached hydrogen (secondary N) is 2. The zero-order valence-corrected chi connectivity index (χ0v) is 18.6. The number of aromatic amines is 1. The number of hydrogen-bond donors (Lipinski definition) is 2. The Labute approximate surface area is 187 Å². The summed E-state index contributed by atoms with van der Waals surface area (Å²) in [6.07, 6.45) is 5.49. The van der Waals surface area contributed by atoms with Gasteiger partial charge in [0.25, 0.3) is 0 Å². The number of rotatable bonds is 4. The van der Waals surface area contributed by atoms with Crippen molar-refractivity contribution in [1.29, 1.82) is 0 Å². The second kappa shape index (κ2) is 7.32. The van der Waals surface area contributed by atoms with Gasteiger partial charge in [0.2, 0.25) is 5.95 Å².